The van der Waals surface area contributed by atoms with Crippen molar-refractivity contribution in [3.05, 3.63) is 0 Å². The van der Waals surface area contributed by atoms with Crippen LogP contribution in [-0.2, 0) is 0 Å². The van der Waals surface area contributed by atoms with Gasteiger partial charge in [0.2, 0.25) is 0 Å². The maximum Gasteiger partial charge on any atom is 0.0241 e. The lowest BCUT2D eigenvalue weighted by atomic mass is 9.65. The van der Waals surface area contributed by atoms with Crippen LogP contribution in [0, 0.1) is 23.7 Å². The van der Waals surface area contributed by atoms with Crippen LogP contribution in [0.1, 0.15) is 71.6 Å². The Hall–Kier alpha value is -0.0800. The van der Waals surface area contributed by atoms with Crippen LogP contribution in [-0.4, -0.2) is 6.04 Å². The van der Waals surface area contributed by atoms with E-state index in [2.05, 4.69) is 19.3 Å². The zero-order valence-electron chi connectivity index (χ0n) is 12.3. The summed E-state index contributed by atoms with van der Waals surface area (Å²) in [6.07, 6.45) is 12.8. The molecule has 2 heteroatoms. The molecule has 3 N–H and O–H groups in total. The summed E-state index contributed by atoms with van der Waals surface area (Å²) in [4.78, 5) is 0. The summed E-state index contributed by atoms with van der Waals surface area (Å²) in [6.45, 7) is 4.65. The van der Waals surface area contributed by atoms with Gasteiger partial charge in [0.25, 0.3) is 0 Å². The van der Waals surface area contributed by atoms with Gasteiger partial charge in [0.05, 0.1) is 0 Å². The summed E-state index contributed by atoms with van der Waals surface area (Å²) in [6, 6.07) is 0.558. The maximum absolute atomic E-state index is 5.82. The molecule has 2 rings (SSSR count). The van der Waals surface area contributed by atoms with Crippen molar-refractivity contribution in [1.29, 1.82) is 0 Å². The van der Waals surface area contributed by atoms with Crippen LogP contribution >= 0.6 is 0 Å². The van der Waals surface area contributed by atoms with Crippen molar-refractivity contribution in [1.82, 2.24) is 5.43 Å². The second kappa shape index (κ2) is 6.91. The highest BCUT2D eigenvalue weighted by Gasteiger charge is 2.35. The number of rotatable bonds is 5. The third kappa shape index (κ3) is 3.48. The number of hydrogen-bond donors (Lipinski definition) is 2. The lowest BCUT2D eigenvalue weighted by Gasteiger charge is -2.42. The molecule has 5 unspecified atom stereocenters. The van der Waals surface area contributed by atoms with E-state index in [9.17, 15) is 0 Å². The van der Waals surface area contributed by atoms with E-state index in [1.165, 1.54) is 57.8 Å². The quantitative estimate of drug-likeness (QED) is 0.576. The molecule has 0 aromatic heterocycles. The Morgan fingerprint density at radius 3 is 2.50 bits per heavy atom. The standard InChI is InChI=1S/C16H32N2/c1-3-12(2)10-16(18-17)15-9-8-13-6-4-5-7-14(13)11-15/h12-16,18H,3-11,17H2,1-2H3. The summed E-state index contributed by atoms with van der Waals surface area (Å²) in [5, 5.41) is 0. The molecule has 2 aliphatic carbocycles. The third-order valence-corrected chi connectivity index (χ3v) is 5.72. The molecule has 5 atom stereocenters. The van der Waals surface area contributed by atoms with Gasteiger partial charge in [0.1, 0.15) is 0 Å². The van der Waals surface area contributed by atoms with Crippen molar-refractivity contribution in [2.24, 2.45) is 29.5 Å². The summed E-state index contributed by atoms with van der Waals surface area (Å²) in [5.41, 5.74) is 3.13. The average Bonchev–Trinajstić information content (AvgIpc) is 2.44. The van der Waals surface area contributed by atoms with Crippen LogP contribution < -0.4 is 11.3 Å². The molecule has 0 bridgehead atoms. The zero-order chi connectivity index (χ0) is 13.0. The first-order chi connectivity index (χ1) is 8.74. The van der Waals surface area contributed by atoms with Gasteiger partial charge in [0, 0.05) is 6.04 Å². The Morgan fingerprint density at radius 2 is 1.83 bits per heavy atom. The van der Waals surface area contributed by atoms with E-state index in [1.807, 2.05) is 0 Å². The van der Waals surface area contributed by atoms with Crippen LogP contribution in [0.4, 0.5) is 0 Å². The molecule has 0 spiro atoms. The lowest BCUT2D eigenvalue weighted by Crippen LogP contribution is -2.45. The van der Waals surface area contributed by atoms with Crippen molar-refractivity contribution in [2.75, 3.05) is 0 Å². The van der Waals surface area contributed by atoms with E-state index in [0.29, 0.717) is 6.04 Å². The van der Waals surface area contributed by atoms with Gasteiger partial charge in [-0.05, 0) is 49.4 Å². The number of fused-ring (bicyclic) bond motifs is 1. The fourth-order valence-corrected chi connectivity index (χ4v) is 4.27. The SMILES string of the molecule is CCC(C)CC(NN)C1CCC2CCCCC2C1. The molecule has 0 saturated heterocycles. The van der Waals surface area contributed by atoms with Gasteiger partial charge in [-0.15, -0.1) is 0 Å². The molecule has 0 radical (unpaired) electrons. The summed E-state index contributed by atoms with van der Waals surface area (Å²) < 4.78 is 0. The largest absolute Gasteiger partial charge is 0.271 e. The van der Waals surface area contributed by atoms with E-state index in [0.717, 1.165) is 23.7 Å². The van der Waals surface area contributed by atoms with E-state index in [4.69, 9.17) is 5.84 Å². The van der Waals surface area contributed by atoms with Crippen LogP contribution in [0.3, 0.4) is 0 Å². The molecule has 2 saturated carbocycles. The number of hydrogen-bond acceptors (Lipinski definition) is 2. The van der Waals surface area contributed by atoms with Crippen molar-refractivity contribution >= 4 is 0 Å². The first-order valence-corrected chi connectivity index (χ1v) is 8.20. The van der Waals surface area contributed by atoms with Gasteiger partial charge >= 0.3 is 0 Å². The van der Waals surface area contributed by atoms with Crippen molar-refractivity contribution < 1.29 is 0 Å². The van der Waals surface area contributed by atoms with E-state index >= 15 is 0 Å². The monoisotopic (exact) mass is 252 g/mol. The fraction of sp³-hybridized carbons (Fsp3) is 1.00. The Kier molecular flexibility index (Phi) is 5.50. The van der Waals surface area contributed by atoms with E-state index in [-0.39, 0.29) is 0 Å². The predicted octanol–water partition coefficient (Wildman–Crippen LogP) is 3.86. The highest BCUT2D eigenvalue weighted by atomic mass is 15.2. The normalized spacial score (nSPS) is 35.8. The van der Waals surface area contributed by atoms with Gasteiger partial charge in [-0.2, -0.15) is 0 Å². The maximum atomic E-state index is 5.82. The van der Waals surface area contributed by atoms with Gasteiger partial charge in [-0.1, -0.05) is 46.0 Å². The predicted molar refractivity (Wildman–Crippen MR) is 78.0 cm³/mol. The number of nitrogens with two attached hydrogens (primary N) is 1. The van der Waals surface area contributed by atoms with Crippen molar-refractivity contribution in [3.63, 3.8) is 0 Å². The molecule has 18 heavy (non-hydrogen) atoms. The minimum absolute atomic E-state index is 0.558. The molecule has 2 aliphatic rings. The topological polar surface area (TPSA) is 38.0 Å². The van der Waals surface area contributed by atoms with Crippen LogP contribution in [0.5, 0.6) is 0 Å². The molecule has 0 aromatic carbocycles. The summed E-state index contributed by atoms with van der Waals surface area (Å²) in [7, 11) is 0. The Labute approximate surface area is 113 Å². The van der Waals surface area contributed by atoms with Crippen LogP contribution in [0.15, 0.2) is 0 Å². The molecule has 0 heterocycles. The zero-order valence-corrected chi connectivity index (χ0v) is 12.3. The first kappa shape index (κ1) is 14.3. The van der Waals surface area contributed by atoms with Crippen molar-refractivity contribution in [3.8, 4) is 0 Å². The summed E-state index contributed by atoms with van der Waals surface area (Å²) >= 11 is 0. The van der Waals surface area contributed by atoms with E-state index < -0.39 is 0 Å². The number of hydrazine groups is 1. The second-order valence-corrected chi connectivity index (χ2v) is 6.90. The van der Waals surface area contributed by atoms with Crippen molar-refractivity contribution in [2.45, 2.75) is 77.7 Å². The lowest BCUT2D eigenvalue weighted by molar-refractivity contribution is 0.103. The second-order valence-electron chi connectivity index (χ2n) is 6.90. The molecule has 106 valence electrons. The number of nitrogens with one attached hydrogen (secondary N) is 1. The van der Waals surface area contributed by atoms with Gasteiger partial charge in [-0.25, -0.2) is 0 Å². The molecule has 0 amide bonds. The van der Waals surface area contributed by atoms with Crippen LogP contribution in [0.25, 0.3) is 0 Å². The Morgan fingerprint density at radius 1 is 1.11 bits per heavy atom. The van der Waals surface area contributed by atoms with Crippen LogP contribution in [0.2, 0.25) is 0 Å². The van der Waals surface area contributed by atoms with Gasteiger partial charge in [-0.3, -0.25) is 11.3 Å². The molecule has 2 fully saturated rings. The smallest absolute Gasteiger partial charge is 0.0241 e. The molecule has 0 aliphatic heterocycles. The minimum atomic E-state index is 0.558. The molecular weight excluding hydrogens is 220 g/mol. The molecule has 0 aromatic rings. The molecule has 2 nitrogen and oxygen atoms in total. The Bertz CT molecular complexity index is 241. The third-order valence-electron chi connectivity index (χ3n) is 5.72. The Balaban J connectivity index is 1.87. The highest BCUT2D eigenvalue weighted by molar-refractivity contribution is 4.88. The molecular formula is C16H32N2. The average molecular weight is 252 g/mol. The van der Waals surface area contributed by atoms with E-state index in [1.54, 1.807) is 0 Å². The van der Waals surface area contributed by atoms with Gasteiger partial charge < -0.3 is 0 Å². The first-order valence-electron chi connectivity index (χ1n) is 8.20. The van der Waals surface area contributed by atoms with Gasteiger partial charge in [0.15, 0.2) is 0 Å². The fourth-order valence-electron chi connectivity index (χ4n) is 4.27. The minimum Gasteiger partial charge on any atom is -0.271 e. The highest BCUT2D eigenvalue weighted by Crippen LogP contribution is 2.44. The summed E-state index contributed by atoms with van der Waals surface area (Å²) in [5.74, 6) is 9.53.